The number of carbonyl (C=O) groups is 1. The van der Waals surface area contributed by atoms with Crippen molar-refractivity contribution in [2.45, 2.75) is 71.9 Å². The molecule has 2 rings (SSSR count). The average Bonchev–Trinajstić information content (AvgIpc) is 3.08. The van der Waals surface area contributed by atoms with Gasteiger partial charge in [-0.25, -0.2) is 8.42 Å². The summed E-state index contributed by atoms with van der Waals surface area (Å²) in [6, 6.07) is -0.621. The van der Waals surface area contributed by atoms with Gasteiger partial charge in [0.05, 0.1) is 10.8 Å². The molecule has 1 aromatic carbocycles. The second kappa shape index (κ2) is 7.90. The van der Waals surface area contributed by atoms with Crippen LogP contribution in [0.5, 0.6) is 0 Å². The molecule has 7 heteroatoms. The van der Waals surface area contributed by atoms with Crippen LogP contribution in [0.3, 0.4) is 0 Å². The van der Waals surface area contributed by atoms with Gasteiger partial charge in [-0.1, -0.05) is 6.92 Å². The fraction of sp³-hybridized carbons (Fsp3) is 0.632. The summed E-state index contributed by atoms with van der Waals surface area (Å²) in [6.45, 7) is 13.6. The number of carbonyl (C=O) groups excluding carboxylic acids is 1. The van der Waals surface area contributed by atoms with Gasteiger partial charge in [-0.15, -0.1) is 11.8 Å². The van der Waals surface area contributed by atoms with Crippen LogP contribution in [0.25, 0.3) is 0 Å². The topological polar surface area (TPSA) is 66.5 Å². The van der Waals surface area contributed by atoms with Crippen molar-refractivity contribution >= 4 is 27.7 Å². The maximum absolute atomic E-state index is 13.5. The summed E-state index contributed by atoms with van der Waals surface area (Å²) in [5.74, 6) is 0.596. The molecule has 0 aromatic heterocycles. The number of amides is 1. The maximum Gasteiger partial charge on any atom is 0.245 e. The molecule has 5 nitrogen and oxygen atoms in total. The zero-order chi connectivity index (χ0) is 19.8. The molecule has 1 heterocycles. The Kier molecular flexibility index (Phi) is 6.46. The first-order chi connectivity index (χ1) is 12.0. The van der Waals surface area contributed by atoms with E-state index in [0.717, 1.165) is 34.2 Å². The normalized spacial score (nSPS) is 19.6. The molecule has 2 atom stereocenters. The summed E-state index contributed by atoms with van der Waals surface area (Å²) in [7, 11) is -3.75. The first kappa shape index (κ1) is 21.3. The van der Waals surface area contributed by atoms with Gasteiger partial charge < -0.3 is 5.32 Å². The van der Waals surface area contributed by atoms with Gasteiger partial charge in [-0.05, 0) is 75.8 Å². The maximum atomic E-state index is 13.5. The molecule has 146 valence electrons. The Hall–Kier alpha value is -1.05. The summed E-state index contributed by atoms with van der Waals surface area (Å²) in [6.07, 6.45) is 0.812. The molecular weight excluding hydrogens is 368 g/mol. The molecule has 1 N–H and O–H groups in total. The molecule has 0 saturated carbocycles. The van der Waals surface area contributed by atoms with Crippen molar-refractivity contribution in [2.24, 2.45) is 0 Å². The Morgan fingerprint density at radius 3 is 2.12 bits per heavy atom. The number of thioether (sulfide) groups is 1. The Balaban J connectivity index is 2.49. The van der Waals surface area contributed by atoms with Crippen LogP contribution in [0.1, 0.15) is 48.1 Å². The lowest BCUT2D eigenvalue weighted by Gasteiger charge is -2.27. The lowest BCUT2D eigenvalue weighted by Crippen LogP contribution is -2.49. The number of nitrogens with one attached hydrogen (secondary N) is 1. The molecule has 1 saturated heterocycles. The number of rotatable bonds is 5. The van der Waals surface area contributed by atoms with E-state index in [2.05, 4.69) is 5.32 Å². The summed E-state index contributed by atoms with van der Waals surface area (Å²) in [4.78, 5) is 13.0. The van der Waals surface area contributed by atoms with Crippen molar-refractivity contribution in [1.82, 2.24) is 9.62 Å². The van der Waals surface area contributed by atoms with Crippen LogP contribution in [0.15, 0.2) is 4.90 Å². The van der Waals surface area contributed by atoms with Crippen LogP contribution in [-0.2, 0) is 14.8 Å². The van der Waals surface area contributed by atoms with Crippen molar-refractivity contribution in [3.05, 3.63) is 27.8 Å². The van der Waals surface area contributed by atoms with Crippen LogP contribution in [0.2, 0.25) is 0 Å². The molecule has 1 amide bonds. The van der Waals surface area contributed by atoms with Crippen molar-refractivity contribution in [3.63, 3.8) is 0 Å². The molecule has 1 aliphatic heterocycles. The summed E-state index contributed by atoms with van der Waals surface area (Å²) in [5.41, 5.74) is 4.69. The van der Waals surface area contributed by atoms with Gasteiger partial charge in [0.25, 0.3) is 0 Å². The summed E-state index contributed by atoms with van der Waals surface area (Å²) < 4.78 is 28.4. The standard InChI is InChI=1S/C19H30N2O3S2/c1-8-11(2)20-19(22)17-9-25-10-21(17)26(23,24)18-15(6)13(4)12(3)14(5)16(18)7/h11,17H,8-10H2,1-7H3,(H,20,22). The van der Waals surface area contributed by atoms with E-state index >= 15 is 0 Å². The van der Waals surface area contributed by atoms with Gasteiger partial charge in [0.2, 0.25) is 15.9 Å². The summed E-state index contributed by atoms with van der Waals surface area (Å²) >= 11 is 1.48. The second-order valence-electron chi connectivity index (χ2n) is 7.18. The third-order valence-corrected chi connectivity index (χ3v) is 8.95. The van der Waals surface area contributed by atoms with E-state index in [0.29, 0.717) is 16.5 Å². The van der Waals surface area contributed by atoms with E-state index in [1.54, 1.807) is 0 Å². The van der Waals surface area contributed by atoms with E-state index in [9.17, 15) is 13.2 Å². The minimum atomic E-state index is -3.75. The van der Waals surface area contributed by atoms with E-state index < -0.39 is 16.1 Å². The third kappa shape index (κ3) is 3.66. The minimum absolute atomic E-state index is 0.0324. The van der Waals surface area contributed by atoms with Crippen molar-refractivity contribution < 1.29 is 13.2 Å². The SMILES string of the molecule is CCC(C)NC(=O)C1CSCN1S(=O)(=O)c1c(C)c(C)c(C)c(C)c1C. The van der Waals surface area contributed by atoms with Gasteiger partial charge in [0.15, 0.2) is 0 Å². The zero-order valence-corrected chi connectivity index (χ0v) is 18.4. The highest BCUT2D eigenvalue weighted by Gasteiger charge is 2.41. The fourth-order valence-corrected chi connectivity index (χ4v) is 6.99. The molecular formula is C19H30N2O3S2. The van der Waals surface area contributed by atoms with Crippen LogP contribution >= 0.6 is 11.8 Å². The predicted octanol–water partition coefficient (Wildman–Crippen LogP) is 3.21. The highest BCUT2D eigenvalue weighted by molar-refractivity contribution is 8.00. The molecule has 0 spiro atoms. The van der Waals surface area contributed by atoms with Crippen LogP contribution in [-0.4, -0.2) is 42.3 Å². The zero-order valence-electron chi connectivity index (χ0n) is 16.8. The van der Waals surface area contributed by atoms with Crippen molar-refractivity contribution in [1.29, 1.82) is 0 Å². The van der Waals surface area contributed by atoms with Gasteiger partial charge in [-0.2, -0.15) is 4.31 Å². The number of benzene rings is 1. The monoisotopic (exact) mass is 398 g/mol. The van der Waals surface area contributed by atoms with Crippen LogP contribution < -0.4 is 5.32 Å². The van der Waals surface area contributed by atoms with E-state index in [1.165, 1.54) is 16.1 Å². The Labute approximate surface area is 162 Å². The molecule has 1 aromatic rings. The van der Waals surface area contributed by atoms with Crippen LogP contribution in [0, 0.1) is 34.6 Å². The van der Waals surface area contributed by atoms with Crippen LogP contribution in [0.4, 0.5) is 0 Å². The predicted molar refractivity (Wildman–Crippen MR) is 108 cm³/mol. The molecule has 2 unspecified atom stereocenters. The lowest BCUT2D eigenvalue weighted by molar-refractivity contribution is -0.124. The molecule has 1 aliphatic rings. The second-order valence-corrected chi connectivity index (χ2v) is 10.0. The Bertz CT molecular complexity index is 790. The highest BCUT2D eigenvalue weighted by Crippen LogP contribution is 2.35. The largest absolute Gasteiger partial charge is 0.352 e. The van der Waals surface area contributed by atoms with Gasteiger partial charge >= 0.3 is 0 Å². The molecule has 26 heavy (non-hydrogen) atoms. The highest BCUT2D eigenvalue weighted by atomic mass is 32.2. The minimum Gasteiger partial charge on any atom is -0.352 e. The smallest absolute Gasteiger partial charge is 0.245 e. The van der Waals surface area contributed by atoms with E-state index in [1.807, 2.05) is 48.5 Å². The van der Waals surface area contributed by atoms with Gasteiger partial charge in [0.1, 0.15) is 6.04 Å². The Morgan fingerprint density at radius 2 is 1.62 bits per heavy atom. The number of nitrogens with zero attached hydrogens (tertiary/aromatic N) is 1. The molecule has 0 bridgehead atoms. The molecule has 0 aliphatic carbocycles. The average molecular weight is 399 g/mol. The van der Waals surface area contributed by atoms with Gasteiger partial charge in [-0.3, -0.25) is 4.79 Å². The summed E-state index contributed by atoms with van der Waals surface area (Å²) in [5, 5.41) is 2.93. The lowest BCUT2D eigenvalue weighted by atomic mass is 9.95. The quantitative estimate of drug-likeness (QED) is 0.827. The third-order valence-electron chi connectivity index (χ3n) is 5.64. The van der Waals surface area contributed by atoms with E-state index in [-0.39, 0.29) is 11.9 Å². The van der Waals surface area contributed by atoms with Crippen molar-refractivity contribution in [3.8, 4) is 0 Å². The molecule has 1 fully saturated rings. The van der Waals surface area contributed by atoms with E-state index in [4.69, 9.17) is 0 Å². The fourth-order valence-electron chi connectivity index (χ4n) is 3.28. The first-order valence-electron chi connectivity index (χ1n) is 9.00. The number of hydrogen-bond donors (Lipinski definition) is 1. The van der Waals surface area contributed by atoms with Gasteiger partial charge in [0, 0.05) is 11.8 Å². The Morgan fingerprint density at radius 1 is 1.12 bits per heavy atom. The number of hydrogen-bond acceptors (Lipinski definition) is 4. The van der Waals surface area contributed by atoms with Crippen molar-refractivity contribution in [2.75, 3.05) is 11.6 Å². The first-order valence-corrected chi connectivity index (χ1v) is 11.6. The number of sulfonamides is 1. The molecule has 0 radical (unpaired) electrons.